The Morgan fingerprint density at radius 3 is 2.74 bits per heavy atom. The van der Waals surface area contributed by atoms with Crippen molar-refractivity contribution in [2.75, 3.05) is 24.5 Å². The predicted molar refractivity (Wildman–Crippen MR) is 170 cm³/mol. The van der Waals surface area contributed by atoms with Crippen LogP contribution in [0.5, 0.6) is 0 Å². The van der Waals surface area contributed by atoms with Crippen molar-refractivity contribution < 1.29 is 16.0 Å². The number of carbonyl (C=O) groups excluding carboxylic acids is 1. The molecule has 1 saturated heterocycles. The first-order chi connectivity index (χ1) is 22.6. The van der Waals surface area contributed by atoms with Crippen LogP contribution in [-0.2, 0) is 4.79 Å². The number of amides is 1. The summed E-state index contributed by atoms with van der Waals surface area (Å²) in [7, 11) is 0. The largest absolute Gasteiger partial charge is 0.355 e. The predicted octanol–water partition coefficient (Wildman–Crippen LogP) is 6.32. The lowest BCUT2D eigenvalue weighted by Gasteiger charge is -2.40. The maximum absolute atomic E-state index is 15.9. The van der Waals surface area contributed by atoms with Crippen LogP contribution in [0.2, 0.25) is 5.02 Å². The van der Waals surface area contributed by atoms with Crippen LogP contribution >= 0.6 is 11.6 Å². The number of allylic oxidation sites excluding steroid dienone is 1. The van der Waals surface area contributed by atoms with Gasteiger partial charge < -0.3 is 9.80 Å². The minimum atomic E-state index is -2.94. The van der Waals surface area contributed by atoms with Crippen molar-refractivity contribution in [3.63, 3.8) is 0 Å². The zero-order valence-corrected chi connectivity index (χ0v) is 25.0. The third-order valence-corrected chi connectivity index (χ3v) is 7.92. The molecule has 43 heavy (non-hydrogen) atoms. The van der Waals surface area contributed by atoms with Gasteiger partial charge in [-0.2, -0.15) is 4.98 Å². The first-order valence-electron chi connectivity index (χ1n) is 16.3. The summed E-state index contributed by atoms with van der Waals surface area (Å²) in [5.74, 6) is -0.965. The second-order valence-corrected chi connectivity index (χ2v) is 11.2. The second-order valence-electron chi connectivity index (χ2n) is 10.8. The van der Waals surface area contributed by atoms with Gasteiger partial charge >= 0.3 is 5.69 Å². The SMILES string of the molecule is [2H]C([2H])=C(c1cccc(F)c1-c1nc2c(cc1Cl)c(N1CCN(C(=O)C=C)C[C@@H]1C)nc(=O)n2-c1c(C)ccnc1C(C)C)C([2H])([2H])[2H]. The number of pyridine rings is 2. The van der Waals surface area contributed by atoms with Crippen molar-refractivity contribution in [1.29, 1.82) is 0 Å². The molecule has 4 aromatic rings. The Morgan fingerprint density at radius 1 is 1.28 bits per heavy atom. The smallest absolute Gasteiger partial charge is 0.350 e. The van der Waals surface area contributed by atoms with Crippen molar-refractivity contribution in [2.24, 2.45) is 0 Å². The van der Waals surface area contributed by atoms with E-state index in [9.17, 15) is 9.59 Å². The molecule has 5 rings (SSSR count). The fraction of sp³-hybridized carbons (Fsp3) is 0.303. The Balaban J connectivity index is 1.89. The molecule has 3 aromatic heterocycles. The number of carbonyl (C=O) groups is 1. The van der Waals surface area contributed by atoms with Gasteiger partial charge in [-0.15, -0.1) is 0 Å². The Kier molecular flexibility index (Phi) is 6.57. The third kappa shape index (κ3) is 5.33. The van der Waals surface area contributed by atoms with E-state index in [0.717, 1.165) is 6.07 Å². The Hall–Kier alpha value is -4.37. The molecule has 0 spiro atoms. The molecule has 0 aliphatic carbocycles. The number of piperazine rings is 1. The summed E-state index contributed by atoms with van der Waals surface area (Å²) in [6, 6.07) is 6.64. The number of rotatable bonds is 6. The van der Waals surface area contributed by atoms with Crippen LogP contribution in [-0.4, -0.2) is 56.0 Å². The molecule has 0 saturated carbocycles. The standard InChI is InChI=1S/C33H34ClFN6O2/c1-8-26(42)39-14-15-40(21(7)17-39)31-23-16-24(34)29(27-22(18(2)3)10-9-11-25(27)35)37-32(23)41(33(43)38-31)30-20(6)12-13-36-28(30)19(4)5/h8-13,16,19,21H,1-2,14-15,17H2,3-7H3/t21-/m0/s1/i2D2,3D3. The van der Waals surface area contributed by atoms with Crippen LogP contribution in [0.15, 0.2) is 60.5 Å². The molecule has 222 valence electrons. The highest BCUT2D eigenvalue weighted by Crippen LogP contribution is 2.38. The van der Waals surface area contributed by atoms with Crippen molar-refractivity contribution in [3.8, 4) is 16.9 Å². The zero-order chi connectivity index (χ0) is 35.2. The highest BCUT2D eigenvalue weighted by atomic mass is 35.5. The molecular formula is C33H34ClFN6O2. The first-order valence-corrected chi connectivity index (χ1v) is 14.2. The molecule has 8 nitrogen and oxygen atoms in total. The van der Waals surface area contributed by atoms with E-state index in [2.05, 4.69) is 16.5 Å². The molecule has 1 atom stereocenters. The lowest BCUT2D eigenvalue weighted by atomic mass is 9.98. The highest BCUT2D eigenvalue weighted by Gasteiger charge is 2.31. The number of nitrogens with zero attached hydrogens (tertiary/aromatic N) is 6. The van der Waals surface area contributed by atoms with E-state index in [1.165, 1.54) is 28.8 Å². The van der Waals surface area contributed by atoms with Crippen LogP contribution in [0.3, 0.4) is 0 Å². The van der Waals surface area contributed by atoms with Gasteiger partial charge in [0.15, 0.2) is 5.65 Å². The summed E-state index contributed by atoms with van der Waals surface area (Å²) < 4.78 is 57.1. The monoisotopic (exact) mass is 605 g/mol. The lowest BCUT2D eigenvalue weighted by Crippen LogP contribution is -2.54. The first kappa shape index (κ1) is 24.1. The van der Waals surface area contributed by atoms with Gasteiger partial charge in [-0.1, -0.05) is 56.3 Å². The molecule has 1 amide bonds. The van der Waals surface area contributed by atoms with Crippen molar-refractivity contribution in [2.45, 2.75) is 46.5 Å². The number of hydrogen-bond acceptors (Lipinski definition) is 6. The molecule has 1 aliphatic heterocycles. The number of hydrogen-bond donors (Lipinski definition) is 0. The zero-order valence-electron chi connectivity index (χ0n) is 29.3. The van der Waals surface area contributed by atoms with Gasteiger partial charge in [0.1, 0.15) is 11.6 Å². The molecule has 0 unspecified atom stereocenters. The normalized spacial score (nSPS) is 17.2. The van der Waals surface area contributed by atoms with Gasteiger partial charge in [-0.3, -0.25) is 9.78 Å². The fourth-order valence-electron chi connectivity index (χ4n) is 5.56. The summed E-state index contributed by atoms with van der Waals surface area (Å²) in [4.78, 5) is 43.9. The summed E-state index contributed by atoms with van der Waals surface area (Å²) >= 11 is 6.87. The van der Waals surface area contributed by atoms with Crippen LogP contribution in [0.1, 0.15) is 57.2 Å². The molecule has 0 N–H and O–H groups in total. The lowest BCUT2D eigenvalue weighted by molar-refractivity contribution is -0.126. The van der Waals surface area contributed by atoms with E-state index in [1.54, 1.807) is 17.2 Å². The van der Waals surface area contributed by atoms with Crippen LogP contribution in [0.4, 0.5) is 10.2 Å². The van der Waals surface area contributed by atoms with Crippen molar-refractivity contribution in [3.05, 3.63) is 93.9 Å². The Bertz CT molecular complexity index is 2040. The molecular weight excluding hydrogens is 567 g/mol. The van der Waals surface area contributed by atoms with Gasteiger partial charge in [-0.25, -0.2) is 18.7 Å². The molecule has 10 heteroatoms. The molecule has 0 radical (unpaired) electrons. The van der Waals surface area contributed by atoms with E-state index in [1.807, 2.05) is 32.6 Å². The van der Waals surface area contributed by atoms with Gasteiger partial charge in [0, 0.05) is 41.5 Å². The van der Waals surface area contributed by atoms with Crippen LogP contribution in [0.25, 0.3) is 33.6 Å². The van der Waals surface area contributed by atoms with Crippen LogP contribution in [0, 0.1) is 12.7 Å². The molecule has 1 fully saturated rings. The van der Waals surface area contributed by atoms with Gasteiger partial charge in [-0.05, 0) is 62.0 Å². The van der Waals surface area contributed by atoms with Gasteiger partial charge in [0.2, 0.25) is 5.91 Å². The fourth-order valence-corrected chi connectivity index (χ4v) is 5.81. The molecule has 1 aliphatic rings. The molecule has 1 aromatic carbocycles. The molecule has 0 bridgehead atoms. The van der Waals surface area contributed by atoms with E-state index in [-0.39, 0.29) is 51.2 Å². The Labute approximate surface area is 262 Å². The average molecular weight is 606 g/mol. The second kappa shape index (κ2) is 11.7. The summed E-state index contributed by atoms with van der Waals surface area (Å²) in [5, 5.41) is 0.270. The maximum atomic E-state index is 15.9. The maximum Gasteiger partial charge on any atom is 0.355 e. The third-order valence-electron chi connectivity index (χ3n) is 7.63. The average Bonchev–Trinajstić information content (AvgIpc) is 3.00. The number of benzene rings is 1. The number of aromatic nitrogens is 4. The number of aryl methyl sites for hydroxylation is 1. The van der Waals surface area contributed by atoms with Crippen molar-refractivity contribution >= 4 is 39.9 Å². The summed E-state index contributed by atoms with van der Waals surface area (Å²) in [6.07, 6.45) is 2.89. The Morgan fingerprint density at radius 2 is 2.07 bits per heavy atom. The van der Waals surface area contributed by atoms with Gasteiger partial charge in [0.05, 0.1) is 30.2 Å². The van der Waals surface area contributed by atoms with Crippen LogP contribution < -0.4 is 10.6 Å². The number of fused-ring (bicyclic) bond motifs is 1. The van der Waals surface area contributed by atoms with E-state index in [4.69, 9.17) is 23.4 Å². The summed E-state index contributed by atoms with van der Waals surface area (Å²) in [5.41, 5.74) is -0.361. The highest BCUT2D eigenvalue weighted by molar-refractivity contribution is 6.34. The topological polar surface area (TPSA) is 84.2 Å². The van der Waals surface area contributed by atoms with Crippen molar-refractivity contribution in [1.82, 2.24) is 24.4 Å². The quantitative estimate of drug-likeness (QED) is 0.239. The van der Waals surface area contributed by atoms with E-state index < -0.39 is 30.5 Å². The minimum absolute atomic E-state index is 0.0600. The summed E-state index contributed by atoms with van der Waals surface area (Å²) in [6.45, 7) is 8.18. The van der Waals surface area contributed by atoms with Gasteiger partial charge in [0.25, 0.3) is 0 Å². The molecule has 4 heterocycles. The van der Waals surface area contributed by atoms with E-state index in [0.29, 0.717) is 42.0 Å². The minimum Gasteiger partial charge on any atom is -0.350 e. The number of anilines is 1. The number of halogens is 2. The van der Waals surface area contributed by atoms with E-state index >= 15 is 4.39 Å².